The van der Waals surface area contributed by atoms with Crippen LogP contribution in [-0.4, -0.2) is 48.0 Å². The summed E-state index contributed by atoms with van der Waals surface area (Å²) in [4.78, 5) is 53.3. The van der Waals surface area contributed by atoms with Gasteiger partial charge in [0.2, 0.25) is 12.3 Å². The first-order chi connectivity index (χ1) is 18.3. The fourth-order valence-electron chi connectivity index (χ4n) is 4.21. The van der Waals surface area contributed by atoms with E-state index in [1.807, 2.05) is 51.1 Å². The Balaban J connectivity index is 0.00000195. The van der Waals surface area contributed by atoms with Crippen molar-refractivity contribution >= 4 is 40.7 Å². The summed E-state index contributed by atoms with van der Waals surface area (Å²) < 4.78 is 5.25. The number of imide groups is 1. The zero-order valence-corrected chi connectivity index (χ0v) is 22.0. The quantitative estimate of drug-likeness (QED) is 0.266. The summed E-state index contributed by atoms with van der Waals surface area (Å²) in [6.07, 6.45) is 0.875. The molecule has 9 nitrogen and oxygen atoms in total. The number of nitrogens with zero attached hydrogens (tertiary/aromatic N) is 2. The predicted octanol–water partition coefficient (Wildman–Crippen LogP) is 3.82. The first-order valence-corrected chi connectivity index (χ1v) is 12.4. The SMILES string of the molecule is CC.COc1ccc2cc(C(N)=NC(=O)c3ccc4c(c3)CN(C(C)CCC(=O)NC=O)C4=O)ccc2c1. The first-order valence-electron chi connectivity index (χ1n) is 12.4. The number of nitrogens with two attached hydrogens (primary N) is 1. The normalized spacial score (nSPS) is 13.3. The fourth-order valence-corrected chi connectivity index (χ4v) is 4.21. The molecule has 3 aromatic carbocycles. The van der Waals surface area contributed by atoms with Crippen molar-refractivity contribution in [1.82, 2.24) is 10.2 Å². The van der Waals surface area contributed by atoms with Gasteiger partial charge < -0.3 is 15.4 Å². The Kier molecular flexibility index (Phi) is 9.32. The Hall–Kier alpha value is -4.53. The van der Waals surface area contributed by atoms with E-state index in [1.165, 1.54) is 0 Å². The van der Waals surface area contributed by atoms with Crippen LogP contribution in [0.15, 0.2) is 59.6 Å². The minimum absolute atomic E-state index is 0.0955. The molecule has 3 aromatic rings. The number of aliphatic imine (C=N–C) groups is 1. The van der Waals surface area contributed by atoms with E-state index in [4.69, 9.17) is 10.5 Å². The number of benzene rings is 3. The van der Waals surface area contributed by atoms with Crippen LogP contribution in [0.5, 0.6) is 5.75 Å². The number of rotatable bonds is 8. The number of fused-ring (bicyclic) bond motifs is 2. The van der Waals surface area contributed by atoms with Crippen molar-refractivity contribution in [2.45, 2.75) is 46.2 Å². The Morgan fingerprint density at radius 1 is 1.08 bits per heavy atom. The molecule has 0 bridgehead atoms. The summed E-state index contributed by atoms with van der Waals surface area (Å²) in [5, 5.41) is 4.01. The molecule has 0 fully saturated rings. The van der Waals surface area contributed by atoms with Crippen LogP contribution in [-0.2, 0) is 16.1 Å². The molecule has 1 aliphatic rings. The van der Waals surface area contributed by atoms with E-state index in [1.54, 1.807) is 36.3 Å². The van der Waals surface area contributed by atoms with Crippen molar-refractivity contribution in [3.63, 3.8) is 0 Å². The maximum atomic E-state index is 12.9. The highest BCUT2D eigenvalue weighted by Crippen LogP contribution is 2.27. The van der Waals surface area contributed by atoms with Gasteiger partial charge in [0.05, 0.1) is 7.11 Å². The van der Waals surface area contributed by atoms with Crippen molar-refractivity contribution in [2.75, 3.05) is 7.11 Å². The fraction of sp³-hybridized carbons (Fsp3) is 0.276. The molecule has 1 aliphatic heterocycles. The van der Waals surface area contributed by atoms with Crippen molar-refractivity contribution < 1.29 is 23.9 Å². The van der Waals surface area contributed by atoms with Gasteiger partial charge in [-0.3, -0.25) is 24.5 Å². The number of amidine groups is 1. The topological polar surface area (TPSA) is 131 Å². The van der Waals surface area contributed by atoms with Crippen LogP contribution in [0.4, 0.5) is 0 Å². The molecular weight excluding hydrogens is 484 g/mol. The Labute approximate surface area is 221 Å². The summed E-state index contributed by atoms with van der Waals surface area (Å²) in [5.41, 5.74) is 8.32. The average molecular weight is 517 g/mol. The van der Waals surface area contributed by atoms with Crippen molar-refractivity contribution in [3.05, 3.63) is 76.9 Å². The van der Waals surface area contributed by atoms with Crippen LogP contribution in [0.25, 0.3) is 10.8 Å². The average Bonchev–Trinajstić information content (AvgIpc) is 3.27. The maximum absolute atomic E-state index is 12.9. The summed E-state index contributed by atoms with van der Waals surface area (Å²) in [7, 11) is 1.61. The summed E-state index contributed by atoms with van der Waals surface area (Å²) in [6.45, 7) is 6.16. The van der Waals surface area contributed by atoms with Gasteiger partial charge in [0.25, 0.3) is 11.8 Å². The van der Waals surface area contributed by atoms with Gasteiger partial charge in [-0.25, -0.2) is 0 Å². The predicted molar refractivity (Wildman–Crippen MR) is 146 cm³/mol. The highest BCUT2D eigenvalue weighted by molar-refractivity contribution is 6.10. The van der Waals surface area contributed by atoms with Crippen LogP contribution in [0, 0.1) is 0 Å². The molecule has 38 heavy (non-hydrogen) atoms. The molecular formula is C29H32N4O5. The van der Waals surface area contributed by atoms with Gasteiger partial charge in [0.15, 0.2) is 0 Å². The van der Waals surface area contributed by atoms with Gasteiger partial charge in [-0.05, 0) is 66.1 Å². The molecule has 4 rings (SSSR count). The monoisotopic (exact) mass is 516 g/mol. The molecule has 0 spiro atoms. The summed E-state index contributed by atoms with van der Waals surface area (Å²) in [5.74, 6) is -0.218. The van der Waals surface area contributed by atoms with Gasteiger partial charge in [-0.15, -0.1) is 0 Å². The second kappa shape index (κ2) is 12.6. The van der Waals surface area contributed by atoms with Crippen molar-refractivity contribution in [1.29, 1.82) is 0 Å². The highest BCUT2D eigenvalue weighted by Gasteiger charge is 2.31. The van der Waals surface area contributed by atoms with Crippen LogP contribution in [0.2, 0.25) is 0 Å². The molecule has 4 amide bonds. The van der Waals surface area contributed by atoms with Crippen molar-refractivity contribution in [3.8, 4) is 5.75 Å². The summed E-state index contributed by atoms with van der Waals surface area (Å²) in [6, 6.07) is 15.8. The first kappa shape index (κ1) is 28.0. The molecule has 3 N–H and O–H groups in total. The number of ether oxygens (including phenoxy) is 1. The van der Waals surface area contributed by atoms with E-state index in [0.717, 1.165) is 16.5 Å². The number of carbonyl (C=O) groups is 4. The zero-order valence-electron chi connectivity index (χ0n) is 22.0. The molecule has 0 saturated carbocycles. The standard InChI is InChI=1S/C27H26N4O5.C2H6/c1-16(3-10-24(33)29-15-32)31-14-21-12-20(7-9-23(21)27(31)35)26(34)30-25(28)19-5-4-18-13-22(36-2)8-6-17(18)11-19;1-2/h4-9,11-13,15-16H,3,10,14H2,1-2H3,(H2,28,30,34)(H,29,32,33);1-2H3. The number of amides is 4. The Morgan fingerprint density at radius 3 is 2.47 bits per heavy atom. The lowest BCUT2D eigenvalue weighted by Gasteiger charge is -2.23. The Morgan fingerprint density at radius 2 is 1.76 bits per heavy atom. The van der Waals surface area contributed by atoms with Gasteiger partial charge in [-0.1, -0.05) is 32.0 Å². The summed E-state index contributed by atoms with van der Waals surface area (Å²) >= 11 is 0. The second-order valence-electron chi connectivity index (χ2n) is 8.61. The molecule has 1 heterocycles. The minimum atomic E-state index is -0.505. The van der Waals surface area contributed by atoms with Crippen LogP contribution < -0.4 is 15.8 Å². The molecule has 198 valence electrons. The highest BCUT2D eigenvalue weighted by atomic mass is 16.5. The lowest BCUT2D eigenvalue weighted by atomic mass is 10.1. The van der Waals surface area contributed by atoms with E-state index >= 15 is 0 Å². The zero-order chi connectivity index (χ0) is 27.8. The number of nitrogens with one attached hydrogen (secondary N) is 1. The largest absolute Gasteiger partial charge is 0.497 e. The van der Waals surface area contributed by atoms with Crippen LogP contribution >= 0.6 is 0 Å². The third kappa shape index (κ3) is 6.23. The molecule has 0 aliphatic carbocycles. The van der Waals surface area contributed by atoms with E-state index in [2.05, 4.69) is 10.3 Å². The molecule has 1 atom stereocenters. The molecule has 1 unspecified atom stereocenters. The smallest absolute Gasteiger partial charge is 0.278 e. The maximum Gasteiger partial charge on any atom is 0.278 e. The molecule has 0 saturated heterocycles. The van der Waals surface area contributed by atoms with Crippen molar-refractivity contribution in [2.24, 2.45) is 10.7 Å². The van der Waals surface area contributed by atoms with E-state index in [-0.39, 0.29) is 24.2 Å². The lowest BCUT2D eigenvalue weighted by Crippen LogP contribution is -2.34. The number of carbonyl (C=O) groups excluding carboxylic acids is 4. The van der Waals surface area contributed by atoms with Crippen LogP contribution in [0.3, 0.4) is 0 Å². The van der Waals surface area contributed by atoms with Gasteiger partial charge >= 0.3 is 0 Å². The lowest BCUT2D eigenvalue weighted by molar-refractivity contribution is -0.125. The molecule has 0 aromatic heterocycles. The number of methoxy groups -OCH3 is 1. The minimum Gasteiger partial charge on any atom is -0.497 e. The van der Waals surface area contributed by atoms with Gasteiger partial charge in [0.1, 0.15) is 11.6 Å². The number of hydrogen-bond acceptors (Lipinski definition) is 5. The number of hydrogen-bond donors (Lipinski definition) is 2. The second-order valence-corrected chi connectivity index (χ2v) is 8.61. The van der Waals surface area contributed by atoms with E-state index in [0.29, 0.717) is 41.6 Å². The Bertz CT molecular complexity index is 1400. The van der Waals surface area contributed by atoms with Crippen LogP contribution in [0.1, 0.15) is 65.5 Å². The van der Waals surface area contributed by atoms with Gasteiger partial charge in [-0.2, -0.15) is 4.99 Å². The third-order valence-electron chi connectivity index (χ3n) is 6.29. The molecule has 0 radical (unpaired) electrons. The third-order valence-corrected chi connectivity index (χ3v) is 6.29. The van der Waals surface area contributed by atoms with E-state index in [9.17, 15) is 19.2 Å². The van der Waals surface area contributed by atoms with E-state index < -0.39 is 11.8 Å². The molecule has 9 heteroatoms. The van der Waals surface area contributed by atoms with Gasteiger partial charge in [0, 0.05) is 35.7 Å².